The third kappa shape index (κ3) is 4.34. The molecule has 6 rings (SSSR count). The molecule has 2 N–H and O–H groups in total. The van der Waals surface area contributed by atoms with Crippen molar-refractivity contribution in [2.75, 3.05) is 13.2 Å². The van der Waals surface area contributed by atoms with Gasteiger partial charge in [-0.3, -0.25) is 20.4 Å². The van der Waals surface area contributed by atoms with Crippen LogP contribution in [0.1, 0.15) is 68.1 Å². The Morgan fingerprint density at radius 2 is 1.67 bits per heavy atom. The van der Waals surface area contributed by atoms with Crippen LogP contribution in [0, 0.1) is 23.2 Å². The molecule has 1 saturated heterocycles. The van der Waals surface area contributed by atoms with Gasteiger partial charge in [-0.2, -0.15) is 0 Å². The molecule has 2 amide bonds. The maximum Gasteiger partial charge on any atom is 0.269 e. The average molecular weight is 413 g/mol. The molecule has 0 spiro atoms. The first-order chi connectivity index (χ1) is 14.6. The van der Waals surface area contributed by atoms with Crippen molar-refractivity contribution in [2.45, 2.75) is 63.9 Å². The van der Waals surface area contributed by atoms with Crippen molar-refractivity contribution < 1.29 is 19.1 Å². The highest BCUT2D eigenvalue weighted by Crippen LogP contribution is 2.61. The normalized spacial score (nSPS) is 34.0. The second-order valence-electron chi connectivity index (χ2n) is 10.1. The van der Waals surface area contributed by atoms with Crippen molar-refractivity contribution in [1.29, 1.82) is 0 Å². The first-order valence-electron chi connectivity index (χ1n) is 11.5. The van der Waals surface area contributed by atoms with Crippen LogP contribution in [0.5, 0.6) is 5.75 Å². The van der Waals surface area contributed by atoms with Gasteiger partial charge in [0.15, 0.2) is 0 Å². The van der Waals surface area contributed by atoms with Gasteiger partial charge in [0.05, 0.1) is 6.10 Å². The van der Waals surface area contributed by atoms with Gasteiger partial charge < -0.3 is 9.47 Å². The van der Waals surface area contributed by atoms with Crippen LogP contribution in [0.15, 0.2) is 24.3 Å². The summed E-state index contributed by atoms with van der Waals surface area (Å²) in [5, 5.41) is 0. The molecule has 1 unspecified atom stereocenters. The number of amides is 2. The average Bonchev–Trinajstić information content (AvgIpc) is 3.23. The van der Waals surface area contributed by atoms with E-state index < -0.39 is 0 Å². The van der Waals surface area contributed by atoms with Crippen molar-refractivity contribution in [3.63, 3.8) is 0 Å². The van der Waals surface area contributed by atoms with Gasteiger partial charge in [0, 0.05) is 18.6 Å². The number of carbonyl (C=O) groups is 2. The van der Waals surface area contributed by atoms with Crippen LogP contribution in [0.25, 0.3) is 0 Å². The number of benzene rings is 1. The van der Waals surface area contributed by atoms with Gasteiger partial charge in [-0.15, -0.1) is 0 Å². The Bertz CT molecular complexity index is 750. The van der Waals surface area contributed by atoms with E-state index in [-0.39, 0.29) is 23.3 Å². The van der Waals surface area contributed by atoms with Gasteiger partial charge in [-0.1, -0.05) is 0 Å². The number of nitrogens with one attached hydrogen (secondary N) is 2. The number of ether oxygens (including phenoxy) is 2. The molecule has 1 aromatic carbocycles. The number of rotatable bonds is 6. The van der Waals surface area contributed by atoms with Crippen LogP contribution >= 0.6 is 0 Å². The van der Waals surface area contributed by atoms with E-state index in [9.17, 15) is 9.59 Å². The highest BCUT2D eigenvalue weighted by molar-refractivity contribution is 5.95. The molecule has 5 fully saturated rings. The van der Waals surface area contributed by atoms with Crippen molar-refractivity contribution in [2.24, 2.45) is 23.2 Å². The van der Waals surface area contributed by atoms with Crippen LogP contribution in [0.2, 0.25) is 0 Å². The lowest BCUT2D eigenvalue weighted by Crippen LogP contribution is -2.50. The van der Waals surface area contributed by atoms with Crippen LogP contribution in [-0.4, -0.2) is 31.1 Å². The standard InChI is InChI=1S/C24H32N2O4/c27-22(14-24-11-16-8-17(12-24)10-18(9-16)13-24)25-26-23(28)19-3-5-20(6-4-19)30-15-21-2-1-7-29-21/h3-6,16-18,21H,1-2,7-15H2,(H,25,27)(H,26,28). The largest absolute Gasteiger partial charge is 0.491 e. The lowest BCUT2D eigenvalue weighted by Gasteiger charge is -2.56. The predicted molar refractivity (Wildman–Crippen MR) is 112 cm³/mol. The molecule has 6 heteroatoms. The minimum absolute atomic E-state index is 0.0678. The van der Waals surface area contributed by atoms with E-state index in [1.165, 1.54) is 38.5 Å². The van der Waals surface area contributed by atoms with Gasteiger partial charge in [0.25, 0.3) is 5.91 Å². The van der Waals surface area contributed by atoms with Crippen LogP contribution in [0.4, 0.5) is 0 Å². The zero-order valence-corrected chi connectivity index (χ0v) is 17.5. The van der Waals surface area contributed by atoms with Gasteiger partial charge in [-0.05, 0) is 98.8 Å². The fourth-order valence-corrected chi connectivity index (χ4v) is 6.76. The quantitative estimate of drug-likeness (QED) is 0.700. The topological polar surface area (TPSA) is 76.7 Å². The predicted octanol–water partition coefficient (Wildman–Crippen LogP) is 3.61. The van der Waals surface area contributed by atoms with E-state index in [2.05, 4.69) is 10.9 Å². The fourth-order valence-electron chi connectivity index (χ4n) is 6.76. The smallest absolute Gasteiger partial charge is 0.269 e. The molecule has 30 heavy (non-hydrogen) atoms. The SMILES string of the molecule is O=C(CC12CC3CC(CC(C3)C1)C2)NNC(=O)c1ccc(OCC2CCCO2)cc1. The zero-order chi connectivity index (χ0) is 20.6. The molecule has 6 nitrogen and oxygen atoms in total. The minimum Gasteiger partial charge on any atom is -0.491 e. The molecule has 1 atom stereocenters. The first kappa shape index (κ1) is 19.9. The van der Waals surface area contributed by atoms with E-state index in [4.69, 9.17) is 9.47 Å². The minimum atomic E-state index is -0.306. The van der Waals surface area contributed by atoms with Gasteiger partial charge in [0.2, 0.25) is 5.91 Å². The van der Waals surface area contributed by atoms with Gasteiger partial charge in [0.1, 0.15) is 12.4 Å². The molecule has 1 heterocycles. The lowest BCUT2D eigenvalue weighted by atomic mass is 9.49. The number of carbonyl (C=O) groups excluding carboxylic acids is 2. The Balaban J connectivity index is 1.08. The number of hydrogen-bond donors (Lipinski definition) is 2. The molecule has 1 aromatic rings. The molecule has 5 aliphatic rings. The fraction of sp³-hybridized carbons (Fsp3) is 0.667. The van der Waals surface area contributed by atoms with E-state index in [1.54, 1.807) is 24.3 Å². The summed E-state index contributed by atoms with van der Waals surface area (Å²) in [7, 11) is 0. The van der Waals surface area contributed by atoms with Crippen LogP contribution in [-0.2, 0) is 9.53 Å². The maximum atomic E-state index is 12.6. The molecule has 0 aromatic heterocycles. The molecule has 4 saturated carbocycles. The van der Waals surface area contributed by atoms with Crippen molar-refractivity contribution in [1.82, 2.24) is 10.9 Å². The molecule has 1 aliphatic heterocycles. The molecule has 4 aliphatic carbocycles. The van der Waals surface area contributed by atoms with E-state index in [1.807, 2.05) is 0 Å². The summed E-state index contributed by atoms with van der Waals surface area (Å²) in [5.41, 5.74) is 5.89. The summed E-state index contributed by atoms with van der Waals surface area (Å²) >= 11 is 0. The lowest BCUT2D eigenvalue weighted by molar-refractivity contribution is -0.130. The summed E-state index contributed by atoms with van der Waals surface area (Å²) in [6.07, 6.45) is 10.5. The Hall–Kier alpha value is -2.08. The summed E-state index contributed by atoms with van der Waals surface area (Å²) in [5.74, 6) is 2.80. The van der Waals surface area contributed by atoms with Crippen LogP contribution in [0.3, 0.4) is 0 Å². The second kappa shape index (κ2) is 8.22. The van der Waals surface area contributed by atoms with Gasteiger partial charge in [-0.25, -0.2) is 0 Å². The molecular formula is C24H32N2O4. The van der Waals surface area contributed by atoms with E-state index >= 15 is 0 Å². The van der Waals surface area contributed by atoms with Crippen LogP contribution < -0.4 is 15.6 Å². The Kier molecular flexibility index (Phi) is 5.44. The van der Waals surface area contributed by atoms with Crippen molar-refractivity contribution in [3.05, 3.63) is 29.8 Å². The zero-order valence-electron chi connectivity index (χ0n) is 17.5. The second-order valence-corrected chi connectivity index (χ2v) is 10.1. The maximum absolute atomic E-state index is 12.6. The molecule has 162 valence electrons. The Morgan fingerprint density at radius 1 is 1.00 bits per heavy atom. The summed E-state index contributed by atoms with van der Waals surface area (Å²) in [6.45, 7) is 1.34. The number of hydrogen-bond acceptors (Lipinski definition) is 4. The summed E-state index contributed by atoms with van der Waals surface area (Å²) in [4.78, 5) is 25.0. The van der Waals surface area contributed by atoms with E-state index in [0.717, 1.165) is 37.2 Å². The summed E-state index contributed by atoms with van der Waals surface area (Å²) in [6, 6.07) is 6.99. The highest BCUT2D eigenvalue weighted by Gasteiger charge is 2.51. The molecule has 0 radical (unpaired) electrons. The number of hydrazine groups is 1. The third-order valence-corrected chi connectivity index (χ3v) is 7.59. The molecule has 4 bridgehead atoms. The monoisotopic (exact) mass is 412 g/mol. The van der Waals surface area contributed by atoms with E-state index in [0.29, 0.717) is 24.3 Å². The van der Waals surface area contributed by atoms with Crippen molar-refractivity contribution in [3.8, 4) is 5.75 Å². The van der Waals surface area contributed by atoms with Crippen molar-refractivity contribution >= 4 is 11.8 Å². The van der Waals surface area contributed by atoms with Gasteiger partial charge >= 0.3 is 0 Å². The third-order valence-electron chi connectivity index (χ3n) is 7.59. The Labute approximate surface area is 178 Å². The first-order valence-corrected chi connectivity index (χ1v) is 11.5. The summed E-state index contributed by atoms with van der Waals surface area (Å²) < 4.78 is 11.3. The Morgan fingerprint density at radius 3 is 2.27 bits per heavy atom. The molecular weight excluding hydrogens is 380 g/mol. The highest BCUT2D eigenvalue weighted by atomic mass is 16.5.